The van der Waals surface area contributed by atoms with E-state index in [1.807, 2.05) is 30.3 Å². The Bertz CT molecular complexity index is 948. The van der Waals surface area contributed by atoms with Gasteiger partial charge in [0, 0.05) is 13.0 Å². The van der Waals surface area contributed by atoms with Gasteiger partial charge in [-0.25, -0.2) is 4.79 Å². The molecule has 0 fully saturated rings. The number of nitrogens with one attached hydrogen (secondary N) is 3. The molecule has 38 heavy (non-hydrogen) atoms. The van der Waals surface area contributed by atoms with Crippen LogP contribution in [0.2, 0.25) is 0 Å². The molecule has 0 heterocycles. The maximum atomic E-state index is 12.5. The van der Waals surface area contributed by atoms with Gasteiger partial charge >= 0.3 is 12.1 Å². The number of primary amides is 1. The molecule has 0 aliphatic heterocycles. The number of carbonyl (C=O) groups excluding carboxylic acids is 5. The third kappa shape index (κ3) is 13.6. The van der Waals surface area contributed by atoms with Gasteiger partial charge in [-0.15, -0.1) is 0 Å². The van der Waals surface area contributed by atoms with Crippen LogP contribution in [-0.4, -0.2) is 66.2 Å². The number of hydrogen-bond acceptors (Lipinski definition) is 8. The minimum atomic E-state index is -1.13. The Labute approximate surface area is 223 Å². The summed E-state index contributed by atoms with van der Waals surface area (Å²) in [4.78, 5) is 60.6. The summed E-state index contributed by atoms with van der Waals surface area (Å²) >= 11 is 0. The molecule has 1 aromatic carbocycles. The van der Waals surface area contributed by atoms with Crippen molar-refractivity contribution in [3.8, 4) is 0 Å². The quantitative estimate of drug-likeness (QED) is 0.257. The Morgan fingerprint density at radius 3 is 2.16 bits per heavy atom. The highest BCUT2D eigenvalue weighted by molar-refractivity contribution is 5.92. The molecular weight excluding hydrogens is 496 g/mol. The van der Waals surface area contributed by atoms with E-state index in [1.165, 1.54) is 13.8 Å². The molecule has 4 atom stereocenters. The van der Waals surface area contributed by atoms with Crippen LogP contribution in [0.1, 0.15) is 59.9 Å². The lowest BCUT2D eigenvalue weighted by molar-refractivity contribution is -0.145. The highest BCUT2D eigenvalue weighted by Gasteiger charge is 2.26. The van der Waals surface area contributed by atoms with Crippen molar-refractivity contribution in [2.45, 2.75) is 90.9 Å². The van der Waals surface area contributed by atoms with Crippen molar-refractivity contribution in [2.75, 3.05) is 6.54 Å². The van der Waals surface area contributed by atoms with E-state index in [-0.39, 0.29) is 26.0 Å². The Balaban J connectivity index is 2.45. The van der Waals surface area contributed by atoms with E-state index in [1.54, 1.807) is 27.7 Å². The molecule has 0 bridgehead atoms. The molecule has 212 valence electrons. The fourth-order valence-electron chi connectivity index (χ4n) is 3.05. The van der Waals surface area contributed by atoms with Crippen LogP contribution in [0.4, 0.5) is 4.79 Å². The molecule has 0 saturated carbocycles. The number of nitrogens with two attached hydrogens (primary N) is 1. The Morgan fingerprint density at radius 1 is 0.947 bits per heavy atom. The van der Waals surface area contributed by atoms with Gasteiger partial charge in [0.15, 0.2) is 0 Å². The van der Waals surface area contributed by atoms with Crippen molar-refractivity contribution in [1.82, 2.24) is 16.0 Å². The minimum Gasteiger partial charge on any atom is -0.461 e. The summed E-state index contributed by atoms with van der Waals surface area (Å²) in [6.07, 6.45) is -2.26. The summed E-state index contributed by atoms with van der Waals surface area (Å²) in [6, 6.07) is 6.95. The highest BCUT2D eigenvalue weighted by atomic mass is 16.6. The third-order valence-electron chi connectivity index (χ3n) is 5.03. The third-order valence-corrected chi connectivity index (χ3v) is 5.03. The van der Waals surface area contributed by atoms with E-state index in [0.717, 1.165) is 5.56 Å². The minimum absolute atomic E-state index is 0.0585. The van der Waals surface area contributed by atoms with Crippen molar-refractivity contribution < 1.29 is 38.2 Å². The summed E-state index contributed by atoms with van der Waals surface area (Å²) in [5.74, 6) is -2.60. The summed E-state index contributed by atoms with van der Waals surface area (Å²) < 4.78 is 15.9. The number of carbonyl (C=O) groups is 5. The second-order valence-electron chi connectivity index (χ2n) is 9.85. The molecule has 1 aromatic rings. The van der Waals surface area contributed by atoms with Crippen LogP contribution in [0.15, 0.2) is 30.3 Å². The van der Waals surface area contributed by atoms with Gasteiger partial charge in [0.1, 0.15) is 30.4 Å². The van der Waals surface area contributed by atoms with Crippen molar-refractivity contribution in [2.24, 2.45) is 5.73 Å². The second kappa shape index (κ2) is 15.6. The van der Waals surface area contributed by atoms with Crippen LogP contribution in [0.3, 0.4) is 0 Å². The first-order valence-corrected chi connectivity index (χ1v) is 12.4. The lowest BCUT2D eigenvalue weighted by atomic mass is 10.1. The van der Waals surface area contributed by atoms with Crippen LogP contribution >= 0.6 is 0 Å². The zero-order valence-corrected chi connectivity index (χ0v) is 22.9. The summed E-state index contributed by atoms with van der Waals surface area (Å²) in [6.45, 7) is 10.0. The van der Waals surface area contributed by atoms with Crippen LogP contribution in [0, 0.1) is 0 Å². The van der Waals surface area contributed by atoms with Crippen molar-refractivity contribution >= 4 is 29.8 Å². The van der Waals surface area contributed by atoms with Gasteiger partial charge < -0.3 is 35.9 Å². The zero-order chi connectivity index (χ0) is 28.9. The van der Waals surface area contributed by atoms with E-state index in [2.05, 4.69) is 16.0 Å². The lowest BCUT2D eigenvalue weighted by Crippen LogP contribution is -2.53. The molecule has 0 radical (unpaired) electrons. The van der Waals surface area contributed by atoms with Crippen molar-refractivity contribution in [3.63, 3.8) is 0 Å². The average molecular weight is 537 g/mol. The predicted octanol–water partition coefficient (Wildman–Crippen LogP) is 1.30. The maximum absolute atomic E-state index is 12.5. The predicted molar refractivity (Wildman–Crippen MR) is 138 cm³/mol. The van der Waals surface area contributed by atoms with E-state index < -0.39 is 59.7 Å². The average Bonchev–Trinajstić information content (AvgIpc) is 2.83. The Kier molecular flexibility index (Phi) is 13.2. The normalized spacial score (nSPS) is 14.3. The van der Waals surface area contributed by atoms with Gasteiger partial charge in [-0.05, 0) is 53.5 Å². The molecule has 12 heteroatoms. The zero-order valence-electron chi connectivity index (χ0n) is 22.9. The van der Waals surface area contributed by atoms with Crippen LogP contribution in [0.5, 0.6) is 0 Å². The second-order valence-corrected chi connectivity index (χ2v) is 9.85. The van der Waals surface area contributed by atoms with Crippen LogP contribution in [0.25, 0.3) is 0 Å². The summed E-state index contributed by atoms with van der Waals surface area (Å²) in [7, 11) is 0. The molecule has 0 spiro atoms. The fraction of sp³-hybridized carbons (Fsp3) is 0.577. The van der Waals surface area contributed by atoms with Gasteiger partial charge in [-0.1, -0.05) is 30.3 Å². The van der Waals surface area contributed by atoms with E-state index >= 15 is 0 Å². The first-order chi connectivity index (χ1) is 17.7. The number of ether oxygens (including phenoxy) is 3. The molecule has 0 unspecified atom stereocenters. The first kappa shape index (κ1) is 32.4. The Morgan fingerprint density at radius 2 is 1.58 bits per heavy atom. The smallest absolute Gasteiger partial charge is 0.407 e. The molecule has 0 aromatic heterocycles. The van der Waals surface area contributed by atoms with E-state index in [4.69, 9.17) is 19.9 Å². The molecule has 0 aliphatic rings. The standard InChI is InChI=1S/C26H40N4O8/c1-16(14-28-25(35)38-26(4,5)6)37-18(3)24(34)29-17(2)23(33)30-20(22(27)32)12-13-21(31)36-15-19-10-8-7-9-11-19/h7-11,16-18,20H,12-15H2,1-6H3,(H2,27,32)(H,28,35)(H,29,34)(H,30,33)/t16-,17-,18-,20+/m0/s1. The summed E-state index contributed by atoms with van der Waals surface area (Å²) in [5, 5.41) is 7.49. The molecule has 4 amide bonds. The number of esters is 1. The monoisotopic (exact) mass is 536 g/mol. The molecule has 0 aliphatic carbocycles. The topological polar surface area (TPSA) is 175 Å². The van der Waals surface area contributed by atoms with E-state index in [0.29, 0.717) is 0 Å². The van der Waals surface area contributed by atoms with Crippen molar-refractivity contribution in [3.05, 3.63) is 35.9 Å². The number of amides is 4. The molecule has 0 saturated heterocycles. The highest BCUT2D eigenvalue weighted by Crippen LogP contribution is 2.07. The SMILES string of the molecule is C[C@H](NC(=O)[C@H](C)O[C@@H](C)CNC(=O)OC(C)(C)C)C(=O)N[C@H](CCC(=O)OCc1ccccc1)C(N)=O. The van der Waals surface area contributed by atoms with Crippen molar-refractivity contribution in [1.29, 1.82) is 0 Å². The number of rotatable bonds is 14. The van der Waals surface area contributed by atoms with Gasteiger partial charge in [0.25, 0.3) is 0 Å². The number of alkyl carbamates (subject to hydrolysis) is 1. The Hall–Kier alpha value is -3.67. The van der Waals surface area contributed by atoms with Crippen LogP contribution < -0.4 is 21.7 Å². The molecule has 1 rings (SSSR count). The maximum Gasteiger partial charge on any atom is 0.407 e. The van der Waals surface area contributed by atoms with Gasteiger partial charge in [-0.2, -0.15) is 0 Å². The lowest BCUT2D eigenvalue weighted by Gasteiger charge is -2.23. The van der Waals surface area contributed by atoms with Gasteiger partial charge in [0.2, 0.25) is 17.7 Å². The van der Waals surface area contributed by atoms with Gasteiger partial charge in [0.05, 0.1) is 6.10 Å². The van der Waals surface area contributed by atoms with Crippen LogP contribution in [-0.2, 0) is 40.0 Å². The fourth-order valence-corrected chi connectivity index (χ4v) is 3.05. The summed E-state index contributed by atoms with van der Waals surface area (Å²) in [5.41, 5.74) is 5.55. The first-order valence-electron chi connectivity index (χ1n) is 12.4. The molecule has 5 N–H and O–H groups in total. The molecule has 12 nitrogen and oxygen atoms in total. The number of benzene rings is 1. The molecular formula is C26H40N4O8. The largest absolute Gasteiger partial charge is 0.461 e. The van der Waals surface area contributed by atoms with Gasteiger partial charge in [-0.3, -0.25) is 19.2 Å². The number of hydrogen-bond donors (Lipinski definition) is 4. The van der Waals surface area contributed by atoms with E-state index in [9.17, 15) is 24.0 Å².